The molecule has 0 aliphatic heterocycles. The summed E-state index contributed by atoms with van der Waals surface area (Å²) in [7, 11) is 0. The second-order valence-corrected chi connectivity index (χ2v) is 4.34. The van der Waals surface area contributed by atoms with Crippen molar-refractivity contribution in [3.05, 3.63) is 35.6 Å². The van der Waals surface area contributed by atoms with E-state index in [0.717, 1.165) is 25.8 Å². The number of hydrogen-bond donors (Lipinski definition) is 2. The molecule has 0 bridgehead atoms. The second-order valence-electron chi connectivity index (χ2n) is 3.93. The quantitative estimate of drug-likeness (QED) is 0.637. The maximum atomic E-state index is 12.9. The number of benzene rings is 1. The van der Waals surface area contributed by atoms with Crippen molar-refractivity contribution in [3.63, 3.8) is 0 Å². The van der Waals surface area contributed by atoms with E-state index in [2.05, 4.69) is 17.6 Å². The molecule has 0 aromatic heterocycles. The third-order valence-corrected chi connectivity index (χ3v) is 2.63. The molecule has 0 saturated carbocycles. The minimum absolute atomic E-state index is 0.257. The Morgan fingerprint density at radius 3 is 2.83 bits per heavy atom. The molecular weight excluding hydrogens is 251 g/mol. The largest absolute Gasteiger partial charge is 0.362 e. The number of hydrogen-bond acceptors (Lipinski definition) is 2. The normalized spacial score (nSPS) is 9.89. The van der Waals surface area contributed by atoms with Crippen molar-refractivity contribution in [3.8, 4) is 0 Å². The van der Waals surface area contributed by atoms with Crippen LogP contribution in [0, 0.1) is 5.82 Å². The molecule has 1 amide bonds. The maximum Gasteiger partial charge on any atom is 0.257 e. The van der Waals surface area contributed by atoms with Gasteiger partial charge >= 0.3 is 0 Å². The Labute approximate surface area is 112 Å². The fraction of sp³-hybridized carbons (Fsp3) is 0.385. The van der Waals surface area contributed by atoms with Gasteiger partial charge < -0.3 is 5.32 Å². The number of unbranched alkanes of at least 4 members (excludes halogenated alkanes) is 2. The van der Waals surface area contributed by atoms with Gasteiger partial charge in [0.25, 0.3) is 5.91 Å². The van der Waals surface area contributed by atoms with Gasteiger partial charge in [0.1, 0.15) is 5.82 Å². The molecule has 2 N–H and O–H groups in total. The van der Waals surface area contributed by atoms with Gasteiger partial charge in [-0.05, 0) is 36.8 Å². The molecule has 1 rings (SSSR count). The third-order valence-electron chi connectivity index (χ3n) is 2.38. The van der Waals surface area contributed by atoms with Crippen molar-refractivity contribution in [2.75, 3.05) is 6.54 Å². The monoisotopic (exact) mass is 268 g/mol. The van der Waals surface area contributed by atoms with Crippen LogP contribution in [0.5, 0.6) is 0 Å². The fourth-order valence-electron chi connectivity index (χ4n) is 1.43. The first-order chi connectivity index (χ1) is 8.63. The second kappa shape index (κ2) is 7.76. The Morgan fingerprint density at radius 1 is 1.39 bits per heavy atom. The van der Waals surface area contributed by atoms with Crippen LogP contribution in [0.3, 0.4) is 0 Å². The lowest BCUT2D eigenvalue weighted by Crippen LogP contribution is -2.39. The number of halogens is 1. The molecule has 0 aliphatic rings. The SMILES string of the molecule is CCCCCNC(=S)NC(=O)c1cccc(F)c1. The highest BCUT2D eigenvalue weighted by Crippen LogP contribution is 2.02. The molecule has 0 atom stereocenters. The number of carbonyl (C=O) groups is 1. The summed E-state index contributed by atoms with van der Waals surface area (Å²) in [5.41, 5.74) is 0.257. The topological polar surface area (TPSA) is 41.1 Å². The molecule has 1 aromatic rings. The smallest absolute Gasteiger partial charge is 0.257 e. The van der Waals surface area contributed by atoms with Crippen molar-refractivity contribution in [2.45, 2.75) is 26.2 Å². The molecule has 3 nitrogen and oxygen atoms in total. The van der Waals surface area contributed by atoms with Gasteiger partial charge in [0.2, 0.25) is 0 Å². The Balaban J connectivity index is 2.38. The highest BCUT2D eigenvalue weighted by Gasteiger charge is 2.07. The molecule has 5 heteroatoms. The first-order valence-electron chi connectivity index (χ1n) is 5.98. The molecule has 0 heterocycles. The molecule has 0 unspecified atom stereocenters. The van der Waals surface area contributed by atoms with Crippen LogP contribution in [0.2, 0.25) is 0 Å². The lowest BCUT2D eigenvalue weighted by Gasteiger charge is -2.09. The van der Waals surface area contributed by atoms with E-state index in [9.17, 15) is 9.18 Å². The van der Waals surface area contributed by atoms with Gasteiger partial charge in [-0.25, -0.2) is 4.39 Å². The number of amides is 1. The fourth-order valence-corrected chi connectivity index (χ4v) is 1.62. The van der Waals surface area contributed by atoms with Crippen LogP contribution < -0.4 is 10.6 Å². The van der Waals surface area contributed by atoms with Gasteiger partial charge in [-0.3, -0.25) is 10.1 Å². The molecule has 98 valence electrons. The van der Waals surface area contributed by atoms with E-state index in [1.807, 2.05) is 0 Å². The molecule has 18 heavy (non-hydrogen) atoms. The number of rotatable bonds is 5. The summed E-state index contributed by atoms with van der Waals surface area (Å²) in [6, 6.07) is 5.49. The standard InChI is InChI=1S/C13H17FN2OS/c1-2-3-4-8-15-13(18)16-12(17)10-6-5-7-11(14)9-10/h5-7,9H,2-4,8H2,1H3,(H2,15,16,17,18). The van der Waals surface area contributed by atoms with E-state index in [1.54, 1.807) is 0 Å². The van der Waals surface area contributed by atoms with Crippen LogP contribution in [-0.4, -0.2) is 17.6 Å². The van der Waals surface area contributed by atoms with E-state index in [4.69, 9.17) is 12.2 Å². The van der Waals surface area contributed by atoms with Crippen molar-refractivity contribution in [1.29, 1.82) is 0 Å². The summed E-state index contributed by atoms with van der Waals surface area (Å²) >= 11 is 4.98. The van der Waals surface area contributed by atoms with Gasteiger partial charge in [-0.1, -0.05) is 25.8 Å². The predicted molar refractivity (Wildman–Crippen MR) is 74.0 cm³/mol. The zero-order valence-electron chi connectivity index (χ0n) is 10.3. The van der Waals surface area contributed by atoms with Crippen molar-refractivity contribution in [2.24, 2.45) is 0 Å². The summed E-state index contributed by atoms with van der Waals surface area (Å²) in [5.74, 6) is -0.841. The predicted octanol–water partition coefficient (Wildman–Crippen LogP) is 2.62. The number of thiocarbonyl (C=S) groups is 1. The van der Waals surface area contributed by atoms with Gasteiger partial charge in [-0.15, -0.1) is 0 Å². The molecule has 0 aliphatic carbocycles. The molecule has 0 fully saturated rings. The molecule has 0 spiro atoms. The number of nitrogens with one attached hydrogen (secondary N) is 2. The van der Waals surface area contributed by atoms with Crippen LogP contribution in [0.4, 0.5) is 4.39 Å². The number of carbonyl (C=O) groups excluding carboxylic acids is 1. The molecular formula is C13H17FN2OS. The average molecular weight is 268 g/mol. The first kappa shape index (κ1) is 14.6. The van der Waals surface area contributed by atoms with Crippen LogP contribution in [0.25, 0.3) is 0 Å². The summed E-state index contributed by atoms with van der Waals surface area (Å²) < 4.78 is 12.9. The minimum Gasteiger partial charge on any atom is -0.362 e. The van der Waals surface area contributed by atoms with E-state index in [0.29, 0.717) is 0 Å². The minimum atomic E-state index is -0.440. The van der Waals surface area contributed by atoms with E-state index in [1.165, 1.54) is 24.3 Å². The first-order valence-corrected chi connectivity index (χ1v) is 6.39. The summed E-state index contributed by atoms with van der Waals surface area (Å²) in [4.78, 5) is 11.7. The Hall–Kier alpha value is -1.49. The Bertz CT molecular complexity index is 423. The highest BCUT2D eigenvalue weighted by atomic mass is 32.1. The zero-order valence-corrected chi connectivity index (χ0v) is 11.1. The van der Waals surface area contributed by atoms with Crippen molar-refractivity contribution < 1.29 is 9.18 Å². The van der Waals surface area contributed by atoms with Crippen LogP contribution in [-0.2, 0) is 0 Å². The van der Waals surface area contributed by atoms with E-state index < -0.39 is 11.7 Å². The van der Waals surface area contributed by atoms with Crippen molar-refractivity contribution >= 4 is 23.2 Å². The van der Waals surface area contributed by atoms with Crippen LogP contribution in [0.15, 0.2) is 24.3 Å². The summed E-state index contributed by atoms with van der Waals surface area (Å²) in [5, 5.41) is 5.73. The third kappa shape index (κ3) is 5.23. The lowest BCUT2D eigenvalue weighted by atomic mass is 10.2. The Kier molecular flexibility index (Phi) is 6.28. The average Bonchev–Trinajstić information content (AvgIpc) is 2.34. The lowest BCUT2D eigenvalue weighted by molar-refractivity contribution is 0.0976. The van der Waals surface area contributed by atoms with Crippen LogP contribution >= 0.6 is 12.2 Å². The molecule has 0 saturated heterocycles. The molecule has 1 aromatic carbocycles. The van der Waals surface area contributed by atoms with Gasteiger partial charge in [0.15, 0.2) is 5.11 Å². The maximum absolute atomic E-state index is 12.9. The zero-order chi connectivity index (χ0) is 13.4. The van der Waals surface area contributed by atoms with Crippen LogP contribution in [0.1, 0.15) is 36.5 Å². The highest BCUT2D eigenvalue weighted by molar-refractivity contribution is 7.80. The van der Waals surface area contributed by atoms with Gasteiger partial charge in [0, 0.05) is 12.1 Å². The van der Waals surface area contributed by atoms with Crippen molar-refractivity contribution in [1.82, 2.24) is 10.6 Å². The Morgan fingerprint density at radius 2 is 2.17 bits per heavy atom. The van der Waals surface area contributed by atoms with Gasteiger partial charge in [0.05, 0.1) is 0 Å². The van der Waals surface area contributed by atoms with E-state index >= 15 is 0 Å². The molecule has 0 radical (unpaired) electrons. The summed E-state index contributed by atoms with van der Waals surface area (Å²) in [6.45, 7) is 2.85. The van der Waals surface area contributed by atoms with E-state index in [-0.39, 0.29) is 10.7 Å². The van der Waals surface area contributed by atoms with Gasteiger partial charge in [-0.2, -0.15) is 0 Å². The summed E-state index contributed by atoms with van der Waals surface area (Å²) in [6.07, 6.45) is 3.25.